The van der Waals surface area contributed by atoms with E-state index < -0.39 is 0 Å². The van der Waals surface area contributed by atoms with E-state index in [-0.39, 0.29) is 0 Å². The van der Waals surface area contributed by atoms with E-state index >= 15 is 0 Å². The maximum absolute atomic E-state index is 5.98. The van der Waals surface area contributed by atoms with Crippen molar-refractivity contribution in [2.75, 3.05) is 6.54 Å². The van der Waals surface area contributed by atoms with Crippen molar-refractivity contribution in [2.45, 2.75) is 20.4 Å². The summed E-state index contributed by atoms with van der Waals surface area (Å²) in [5, 5.41) is 4.15. The van der Waals surface area contributed by atoms with Crippen molar-refractivity contribution in [1.82, 2.24) is 5.32 Å². The Kier molecular flexibility index (Phi) is 4.93. The molecule has 1 N–H and O–H groups in total. The Morgan fingerprint density at radius 2 is 2.14 bits per heavy atom. The molecule has 0 aliphatic rings. The normalized spacial score (nSPS) is 10.9. The summed E-state index contributed by atoms with van der Waals surface area (Å²) in [6.45, 7) is 6.28. The maximum atomic E-state index is 5.98. The number of hydrogen-bond donors (Lipinski definition) is 1. The first-order chi connectivity index (χ1) is 6.61. The molecule has 0 heterocycles. The van der Waals surface area contributed by atoms with Gasteiger partial charge in [0.2, 0.25) is 0 Å². The van der Waals surface area contributed by atoms with Gasteiger partial charge in [0.1, 0.15) is 0 Å². The first kappa shape index (κ1) is 12.0. The van der Waals surface area contributed by atoms with Crippen LogP contribution in [0.5, 0.6) is 0 Å². The first-order valence-electron chi connectivity index (χ1n) is 4.75. The summed E-state index contributed by atoms with van der Waals surface area (Å²) in [4.78, 5) is 0. The van der Waals surface area contributed by atoms with Crippen LogP contribution in [0, 0.1) is 5.92 Å². The highest BCUT2D eigenvalue weighted by atomic mass is 79.9. The molecule has 0 atom stereocenters. The van der Waals surface area contributed by atoms with Crippen molar-refractivity contribution in [2.24, 2.45) is 5.92 Å². The van der Waals surface area contributed by atoms with E-state index in [0.717, 1.165) is 22.6 Å². The molecule has 14 heavy (non-hydrogen) atoms. The maximum Gasteiger partial charge on any atom is 0.0551 e. The van der Waals surface area contributed by atoms with E-state index in [2.05, 4.69) is 41.2 Å². The molecule has 0 spiro atoms. The number of rotatable bonds is 4. The molecule has 78 valence electrons. The molecule has 0 fully saturated rings. The molecule has 0 aliphatic carbocycles. The SMILES string of the molecule is CC(C)CNCc1cccc(Cl)c1Br. The largest absolute Gasteiger partial charge is 0.312 e. The van der Waals surface area contributed by atoms with Crippen molar-refractivity contribution in [1.29, 1.82) is 0 Å². The standard InChI is InChI=1S/C11H15BrClN/c1-8(2)6-14-7-9-4-3-5-10(13)11(9)12/h3-5,8,14H,6-7H2,1-2H3. The second-order valence-electron chi connectivity index (χ2n) is 3.74. The summed E-state index contributed by atoms with van der Waals surface area (Å²) in [5.41, 5.74) is 1.21. The molecular weight excluding hydrogens is 261 g/mol. The summed E-state index contributed by atoms with van der Waals surface area (Å²) in [5.74, 6) is 0.674. The second-order valence-corrected chi connectivity index (χ2v) is 4.94. The molecule has 0 bridgehead atoms. The van der Waals surface area contributed by atoms with E-state index in [9.17, 15) is 0 Å². The third-order valence-electron chi connectivity index (χ3n) is 1.90. The number of halogens is 2. The summed E-state index contributed by atoms with van der Waals surface area (Å²) in [7, 11) is 0. The second kappa shape index (κ2) is 5.74. The molecule has 0 saturated heterocycles. The monoisotopic (exact) mass is 275 g/mol. The lowest BCUT2D eigenvalue weighted by atomic mass is 10.2. The fourth-order valence-corrected chi connectivity index (χ4v) is 1.78. The van der Waals surface area contributed by atoms with Crippen molar-refractivity contribution in [3.8, 4) is 0 Å². The van der Waals surface area contributed by atoms with Crippen LogP contribution in [0.15, 0.2) is 22.7 Å². The van der Waals surface area contributed by atoms with E-state index in [1.54, 1.807) is 0 Å². The average molecular weight is 277 g/mol. The van der Waals surface area contributed by atoms with Gasteiger partial charge in [0.15, 0.2) is 0 Å². The molecule has 0 aromatic heterocycles. The fourth-order valence-electron chi connectivity index (χ4n) is 1.18. The predicted molar refractivity (Wildman–Crippen MR) is 65.7 cm³/mol. The molecule has 1 rings (SSSR count). The third-order valence-corrected chi connectivity index (χ3v) is 3.38. The highest BCUT2D eigenvalue weighted by Crippen LogP contribution is 2.25. The van der Waals surface area contributed by atoms with E-state index in [4.69, 9.17) is 11.6 Å². The van der Waals surface area contributed by atoms with Gasteiger partial charge in [-0.1, -0.05) is 37.6 Å². The predicted octanol–water partition coefficient (Wildman–Crippen LogP) is 3.85. The van der Waals surface area contributed by atoms with Gasteiger partial charge in [0.05, 0.1) is 5.02 Å². The molecule has 0 saturated carbocycles. The van der Waals surface area contributed by atoms with Crippen molar-refractivity contribution in [3.63, 3.8) is 0 Å². The summed E-state index contributed by atoms with van der Waals surface area (Å²) >= 11 is 9.46. The van der Waals surface area contributed by atoms with Crippen molar-refractivity contribution in [3.05, 3.63) is 33.3 Å². The van der Waals surface area contributed by atoms with Crippen molar-refractivity contribution >= 4 is 27.5 Å². The van der Waals surface area contributed by atoms with Crippen LogP contribution in [0.4, 0.5) is 0 Å². The van der Waals surface area contributed by atoms with Crippen LogP contribution in [-0.2, 0) is 6.54 Å². The number of benzene rings is 1. The summed E-state index contributed by atoms with van der Waals surface area (Å²) in [6, 6.07) is 5.93. The molecule has 1 nitrogen and oxygen atoms in total. The highest BCUT2D eigenvalue weighted by Gasteiger charge is 2.03. The Hall–Kier alpha value is -0.0500. The van der Waals surface area contributed by atoms with Crippen LogP contribution >= 0.6 is 27.5 Å². The Balaban J connectivity index is 2.54. The molecule has 0 unspecified atom stereocenters. The lowest BCUT2D eigenvalue weighted by molar-refractivity contribution is 0.552. The molecular formula is C11H15BrClN. The lowest BCUT2D eigenvalue weighted by Gasteiger charge is -2.09. The van der Waals surface area contributed by atoms with Crippen LogP contribution in [0.25, 0.3) is 0 Å². The quantitative estimate of drug-likeness (QED) is 0.881. The summed E-state index contributed by atoms with van der Waals surface area (Å²) < 4.78 is 0.998. The van der Waals surface area contributed by atoms with E-state index in [0.29, 0.717) is 5.92 Å². The van der Waals surface area contributed by atoms with E-state index in [1.807, 2.05) is 12.1 Å². The summed E-state index contributed by atoms with van der Waals surface area (Å²) in [6.07, 6.45) is 0. The van der Waals surface area contributed by atoms with Crippen LogP contribution < -0.4 is 5.32 Å². The number of hydrogen-bond acceptors (Lipinski definition) is 1. The van der Waals surface area contributed by atoms with Crippen LogP contribution in [-0.4, -0.2) is 6.54 Å². The molecule has 0 amide bonds. The highest BCUT2D eigenvalue weighted by molar-refractivity contribution is 9.10. The van der Waals surface area contributed by atoms with Crippen LogP contribution in [0.3, 0.4) is 0 Å². The van der Waals surface area contributed by atoms with Gasteiger partial charge in [-0.2, -0.15) is 0 Å². The number of nitrogens with one attached hydrogen (secondary N) is 1. The molecule has 0 radical (unpaired) electrons. The Morgan fingerprint density at radius 3 is 2.79 bits per heavy atom. The molecule has 1 aromatic carbocycles. The van der Waals surface area contributed by atoms with Gasteiger partial charge in [-0.3, -0.25) is 0 Å². The van der Waals surface area contributed by atoms with Gasteiger partial charge in [0, 0.05) is 11.0 Å². The minimum Gasteiger partial charge on any atom is -0.312 e. The molecule has 0 aliphatic heterocycles. The Morgan fingerprint density at radius 1 is 1.43 bits per heavy atom. The van der Waals surface area contributed by atoms with Crippen molar-refractivity contribution < 1.29 is 0 Å². The van der Waals surface area contributed by atoms with Gasteiger partial charge in [-0.05, 0) is 40.0 Å². The first-order valence-corrected chi connectivity index (χ1v) is 5.92. The third kappa shape index (κ3) is 3.60. The topological polar surface area (TPSA) is 12.0 Å². The zero-order valence-electron chi connectivity index (χ0n) is 8.48. The average Bonchev–Trinajstić information content (AvgIpc) is 2.12. The minimum atomic E-state index is 0.674. The van der Waals surface area contributed by atoms with Crippen LogP contribution in [0.2, 0.25) is 5.02 Å². The van der Waals surface area contributed by atoms with Gasteiger partial charge < -0.3 is 5.32 Å². The minimum absolute atomic E-state index is 0.674. The Bertz CT molecular complexity index is 299. The Labute approximate surface area is 99.0 Å². The van der Waals surface area contributed by atoms with Gasteiger partial charge >= 0.3 is 0 Å². The van der Waals surface area contributed by atoms with Gasteiger partial charge in [-0.15, -0.1) is 0 Å². The van der Waals surface area contributed by atoms with Gasteiger partial charge in [0.25, 0.3) is 0 Å². The lowest BCUT2D eigenvalue weighted by Crippen LogP contribution is -2.19. The van der Waals surface area contributed by atoms with E-state index in [1.165, 1.54) is 5.56 Å². The zero-order chi connectivity index (χ0) is 10.6. The van der Waals surface area contributed by atoms with Crippen LogP contribution in [0.1, 0.15) is 19.4 Å². The molecule has 1 aromatic rings. The smallest absolute Gasteiger partial charge is 0.0551 e. The fraction of sp³-hybridized carbons (Fsp3) is 0.455. The zero-order valence-corrected chi connectivity index (χ0v) is 10.8. The molecule has 3 heteroatoms. The van der Waals surface area contributed by atoms with Gasteiger partial charge in [-0.25, -0.2) is 0 Å².